The summed E-state index contributed by atoms with van der Waals surface area (Å²) in [6, 6.07) is 5.03. The van der Waals surface area contributed by atoms with Crippen LogP contribution in [0.4, 0.5) is 0 Å². The van der Waals surface area contributed by atoms with E-state index in [1.54, 1.807) is 23.9 Å². The summed E-state index contributed by atoms with van der Waals surface area (Å²) in [5, 5.41) is 19.9. The molecule has 0 spiro atoms. The maximum atomic E-state index is 11.1. The number of aliphatic hydroxyl groups is 1. The van der Waals surface area contributed by atoms with E-state index in [0.717, 1.165) is 29.1 Å². The van der Waals surface area contributed by atoms with Gasteiger partial charge in [-0.1, -0.05) is 17.7 Å². The zero-order valence-electron chi connectivity index (χ0n) is 16.4. The van der Waals surface area contributed by atoms with Crippen molar-refractivity contribution in [2.45, 2.75) is 49.5 Å². The average molecular weight is 454 g/mol. The number of aromatic nitrogens is 1. The molecule has 4 nitrogen and oxygen atoms in total. The highest BCUT2D eigenvalue weighted by Crippen LogP contribution is 2.42. The first-order valence-corrected chi connectivity index (χ1v) is 11.5. The molecule has 0 amide bonds. The first-order valence-electron chi connectivity index (χ1n) is 9.65. The van der Waals surface area contributed by atoms with Crippen LogP contribution in [0.1, 0.15) is 39.9 Å². The number of nitrogens with zero attached hydrogens (tertiary/aromatic N) is 1. The number of aromatic carboxylic acids is 1. The van der Waals surface area contributed by atoms with Gasteiger partial charge in [0.25, 0.3) is 0 Å². The number of hydrogen-bond donors (Lipinski definition) is 2. The molecule has 1 aliphatic carbocycles. The summed E-state index contributed by atoms with van der Waals surface area (Å²) in [4.78, 5) is 16.6. The van der Waals surface area contributed by atoms with Gasteiger partial charge in [0.1, 0.15) is 0 Å². The molecule has 2 N–H and O–H groups in total. The molecule has 1 aromatic carbocycles. The molecule has 2 unspecified atom stereocenters. The van der Waals surface area contributed by atoms with Gasteiger partial charge in [0, 0.05) is 28.4 Å². The lowest BCUT2D eigenvalue weighted by Crippen LogP contribution is -2.23. The normalized spacial score (nSPS) is 24.0. The lowest BCUT2D eigenvalue weighted by Gasteiger charge is -2.23. The number of alkyl halides is 1. The van der Waals surface area contributed by atoms with Crippen LogP contribution in [0, 0.1) is 25.7 Å². The highest BCUT2D eigenvalue weighted by Gasteiger charge is 2.41. The van der Waals surface area contributed by atoms with Crippen LogP contribution < -0.4 is 0 Å². The minimum atomic E-state index is -1.03. The zero-order valence-corrected chi connectivity index (χ0v) is 18.8. The lowest BCUT2D eigenvalue weighted by atomic mass is 9.89. The maximum Gasteiger partial charge on any atom is 0.337 e. The van der Waals surface area contributed by atoms with Crippen LogP contribution in [0.15, 0.2) is 35.5 Å². The Balaban J connectivity index is 1.66. The molecule has 1 heterocycles. The third kappa shape index (κ3) is 5.26. The highest BCUT2D eigenvalue weighted by atomic mass is 35.5. The van der Waals surface area contributed by atoms with Crippen LogP contribution in [-0.4, -0.2) is 38.4 Å². The number of carboxylic acids is 1. The smallest absolute Gasteiger partial charge is 0.337 e. The van der Waals surface area contributed by atoms with Gasteiger partial charge in [0.15, 0.2) is 0 Å². The van der Waals surface area contributed by atoms with E-state index in [1.807, 2.05) is 12.4 Å². The van der Waals surface area contributed by atoms with Gasteiger partial charge in [-0.05, 0) is 73.8 Å². The van der Waals surface area contributed by atoms with Crippen molar-refractivity contribution in [3.05, 3.63) is 57.9 Å². The van der Waals surface area contributed by atoms with E-state index in [-0.39, 0.29) is 27.8 Å². The third-order valence-corrected chi connectivity index (χ3v) is 7.95. The molecule has 1 fully saturated rings. The quantitative estimate of drug-likeness (QED) is 0.434. The maximum absolute atomic E-state index is 11.1. The number of aliphatic hydroxyl groups excluding tert-OH is 1. The molecule has 4 atom stereocenters. The largest absolute Gasteiger partial charge is 0.478 e. The number of carbonyl (C=O) groups is 1. The molecule has 3 rings (SSSR count). The van der Waals surface area contributed by atoms with Crippen LogP contribution in [0.3, 0.4) is 0 Å². The summed E-state index contributed by atoms with van der Waals surface area (Å²) < 4.78 is 0. The Bertz CT molecular complexity index is 892. The average Bonchev–Trinajstić information content (AvgIpc) is 2.93. The number of hydrogen-bond acceptors (Lipinski definition) is 4. The van der Waals surface area contributed by atoms with Gasteiger partial charge in [-0.2, -0.15) is 0 Å². The summed E-state index contributed by atoms with van der Waals surface area (Å²) in [5.41, 5.74) is 3.48. The molecule has 0 bridgehead atoms. The van der Waals surface area contributed by atoms with Crippen molar-refractivity contribution in [3.8, 4) is 0 Å². The summed E-state index contributed by atoms with van der Waals surface area (Å²) in [5.74, 6) is 0.0997. The Morgan fingerprint density at radius 1 is 1.28 bits per heavy atom. The van der Waals surface area contributed by atoms with Crippen LogP contribution >= 0.6 is 35.0 Å². The van der Waals surface area contributed by atoms with E-state index in [4.69, 9.17) is 28.3 Å². The minimum absolute atomic E-state index is 0.0569. The second kappa shape index (κ2) is 9.69. The summed E-state index contributed by atoms with van der Waals surface area (Å²) in [6.07, 6.45) is 5.44. The molecular formula is C22H25Cl2NO3S. The number of carboxylic acid groups (broad SMARTS) is 1. The molecule has 0 saturated heterocycles. The van der Waals surface area contributed by atoms with E-state index in [2.05, 4.69) is 18.8 Å². The molecule has 1 aromatic heterocycles. The Morgan fingerprint density at radius 2 is 2.03 bits per heavy atom. The van der Waals surface area contributed by atoms with Crippen molar-refractivity contribution >= 4 is 40.9 Å². The molecule has 29 heavy (non-hydrogen) atoms. The first-order chi connectivity index (χ1) is 13.8. The molecule has 0 radical (unpaired) electrons. The second-order valence-corrected chi connectivity index (χ2v) is 9.72. The van der Waals surface area contributed by atoms with E-state index >= 15 is 0 Å². The molecule has 2 aromatic rings. The Morgan fingerprint density at radius 3 is 2.72 bits per heavy atom. The van der Waals surface area contributed by atoms with E-state index in [9.17, 15) is 9.90 Å². The van der Waals surface area contributed by atoms with Gasteiger partial charge in [0.05, 0.1) is 16.7 Å². The van der Waals surface area contributed by atoms with Gasteiger partial charge in [-0.3, -0.25) is 4.98 Å². The van der Waals surface area contributed by atoms with Crippen molar-refractivity contribution in [3.63, 3.8) is 0 Å². The number of aryl methyl sites for hydroxylation is 2. The van der Waals surface area contributed by atoms with Crippen molar-refractivity contribution < 1.29 is 15.0 Å². The second-order valence-electron chi connectivity index (χ2n) is 7.70. The van der Waals surface area contributed by atoms with Gasteiger partial charge in [0.2, 0.25) is 0 Å². The van der Waals surface area contributed by atoms with Gasteiger partial charge in [-0.15, -0.1) is 23.4 Å². The van der Waals surface area contributed by atoms with Crippen LogP contribution in [0.5, 0.6) is 0 Å². The van der Waals surface area contributed by atoms with E-state index in [1.165, 1.54) is 17.2 Å². The molecule has 1 aliphatic rings. The van der Waals surface area contributed by atoms with Crippen molar-refractivity contribution in [2.24, 2.45) is 11.8 Å². The fourth-order valence-electron chi connectivity index (χ4n) is 3.93. The summed E-state index contributed by atoms with van der Waals surface area (Å²) >= 11 is 14.4. The molecular weight excluding hydrogens is 429 g/mol. The fourth-order valence-corrected chi connectivity index (χ4v) is 6.14. The molecule has 7 heteroatoms. The number of pyridine rings is 1. The predicted molar refractivity (Wildman–Crippen MR) is 118 cm³/mol. The summed E-state index contributed by atoms with van der Waals surface area (Å²) in [7, 11) is 0. The van der Waals surface area contributed by atoms with E-state index < -0.39 is 12.1 Å². The van der Waals surface area contributed by atoms with Crippen LogP contribution in [0.25, 0.3) is 0 Å². The van der Waals surface area contributed by atoms with Crippen molar-refractivity contribution in [1.82, 2.24) is 4.98 Å². The Labute approximate surface area is 185 Å². The first kappa shape index (κ1) is 22.4. The number of rotatable bonds is 7. The topological polar surface area (TPSA) is 70.4 Å². The lowest BCUT2D eigenvalue weighted by molar-refractivity contribution is 0.0697. The molecule has 0 aliphatic heterocycles. The Hall–Kier alpha value is -1.27. The fraction of sp³-hybridized carbons (Fsp3) is 0.455. The van der Waals surface area contributed by atoms with Crippen molar-refractivity contribution in [2.75, 3.05) is 5.75 Å². The highest BCUT2D eigenvalue weighted by molar-refractivity contribution is 7.99. The molecule has 1 saturated carbocycles. The van der Waals surface area contributed by atoms with Gasteiger partial charge in [-0.25, -0.2) is 4.79 Å². The van der Waals surface area contributed by atoms with E-state index in [0.29, 0.717) is 6.42 Å². The van der Waals surface area contributed by atoms with Crippen LogP contribution in [-0.2, 0) is 6.42 Å². The predicted octanol–water partition coefficient (Wildman–Crippen LogP) is 5.38. The van der Waals surface area contributed by atoms with Crippen LogP contribution in [0.2, 0.25) is 5.02 Å². The molecule has 156 valence electrons. The minimum Gasteiger partial charge on any atom is -0.478 e. The van der Waals surface area contributed by atoms with Gasteiger partial charge >= 0.3 is 5.97 Å². The standard InChI is InChI=1S/C22H25Cl2NO3S/c1-12-9-25-10-21(13(12)2)29-11-17-15(20(26)8-19(17)24)5-3-14-4-6-16(22(27)28)18(23)7-14/h4,6-7,9-10,15,17,19-20,26H,3,5,8,11H2,1-2H3,(H,27,28)/t15-,17-,19?,20?/m1/s1. The monoisotopic (exact) mass is 453 g/mol. The van der Waals surface area contributed by atoms with Gasteiger partial charge < -0.3 is 10.2 Å². The zero-order chi connectivity index (χ0) is 21.1. The van der Waals surface area contributed by atoms with Crippen molar-refractivity contribution in [1.29, 1.82) is 0 Å². The summed E-state index contributed by atoms with van der Waals surface area (Å²) in [6.45, 7) is 4.16. The Kier molecular flexibility index (Phi) is 7.49. The third-order valence-electron chi connectivity index (χ3n) is 5.86. The number of benzene rings is 1. The number of halogens is 2. The SMILES string of the molecule is Cc1cncc(SC[C@H]2C(Cl)CC(O)[C@@H]2CCc2ccc(C(=O)O)c(Cl)c2)c1C. The number of thioether (sulfide) groups is 1.